The van der Waals surface area contributed by atoms with Gasteiger partial charge in [0.05, 0.1) is 12.1 Å². The van der Waals surface area contributed by atoms with Crippen LogP contribution < -0.4 is 10.2 Å². The van der Waals surface area contributed by atoms with Crippen LogP contribution in [0.5, 0.6) is 0 Å². The summed E-state index contributed by atoms with van der Waals surface area (Å²) in [5.41, 5.74) is 3.49. The second-order valence-corrected chi connectivity index (χ2v) is 7.57. The van der Waals surface area contributed by atoms with Crippen molar-refractivity contribution in [1.29, 1.82) is 0 Å². The van der Waals surface area contributed by atoms with Crippen LogP contribution in [0.25, 0.3) is 0 Å². The van der Waals surface area contributed by atoms with Gasteiger partial charge in [0.25, 0.3) is 5.95 Å². The van der Waals surface area contributed by atoms with Crippen molar-refractivity contribution in [2.75, 3.05) is 10.2 Å². The predicted octanol–water partition coefficient (Wildman–Crippen LogP) is 3.39. The van der Waals surface area contributed by atoms with Gasteiger partial charge in [0.15, 0.2) is 0 Å². The summed E-state index contributed by atoms with van der Waals surface area (Å²) in [6, 6.07) is 18.6. The topological polar surface area (TPSA) is 80.1 Å². The Labute approximate surface area is 168 Å². The number of aryl methyl sites for hydroxylation is 1. The van der Waals surface area contributed by atoms with E-state index in [1.54, 1.807) is 4.68 Å². The van der Waals surface area contributed by atoms with Crippen LogP contribution >= 0.6 is 0 Å². The summed E-state index contributed by atoms with van der Waals surface area (Å²) in [4.78, 5) is 30.0. The van der Waals surface area contributed by atoms with E-state index in [1.807, 2.05) is 18.2 Å². The van der Waals surface area contributed by atoms with E-state index in [2.05, 4.69) is 58.7 Å². The lowest BCUT2D eigenvalue weighted by Gasteiger charge is -2.31. The van der Waals surface area contributed by atoms with E-state index in [0.29, 0.717) is 5.95 Å². The summed E-state index contributed by atoms with van der Waals surface area (Å²) in [7, 11) is 0. The van der Waals surface area contributed by atoms with E-state index in [1.165, 1.54) is 11.1 Å². The summed E-state index contributed by atoms with van der Waals surface area (Å²) in [5.74, 6) is 0.234. The molecular weight excluding hydrogens is 366 g/mol. The van der Waals surface area contributed by atoms with E-state index in [4.69, 9.17) is 0 Å². The van der Waals surface area contributed by atoms with Gasteiger partial charge in [-0.2, -0.15) is 4.98 Å². The first kappa shape index (κ1) is 17.6. The summed E-state index contributed by atoms with van der Waals surface area (Å²) in [5, 5.41) is 8.01. The number of nitrogens with one attached hydrogen (secondary N) is 1. The number of rotatable bonds is 3. The smallest absolute Gasteiger partial charge is 0.260 e. The highest BCUT2D eigenvalue weighted by molar-refractivity contribution is 6.18. The first-order valence-corrected chi connectivity index (χ1v) is 9.80. The summed E-state index contributed by atoms with van der Waals surface area (Å²) in [6.45, 7) is 2.07. The van der Waals surface area contributed by atoms with E-state index in [0.717, 1.165) is 16.9 Å². The Morgan fingerprint density at radius 2 is 1.62 bits per heavy atom. The van der Waals surface area contributed by atoms with Gasteiger partial charge in [0.2, 0.25) is 17.8 Å². The Balaban J connectivity index is 1.57. The molecule has 3 aromatic rings. The fourth-order valence-electron chi connectivity index (χ4n) is 4.03. The van der Waals surface area contributed by atoms with Gasteiger partial charge in [-0.15, -0.1) is 5.10 Å². The third-order valence-corrected chi connectivity index (χ3v) is 5.59. The summed E-state index contributed by atoms with van der Waals surface area (Å²) in [6.07, 6.45) is 1.21. The number of fused-ring (bicyclic) bond motifs is 1. The molecule has 2 aliphatic heterocycles. The van der Waals surface area contributed by atoms with Crippen LogP contribution in [0.2, 0.25) is 0 Å². The SMILES string of the molecule is Cc1ccc([C@@H]2C[C@H](c3ccccc3)n3nc(N4C(=O)CCC4=O)nc3N2)cc1. The Morgan fingerprint density at radius 3 is 2.31 bits per heavy atom. The fourth-order valence-corrected chi connectivity index (χ4v) is 4.03. The van der Waals surface area contributed by atoms with Crippen molar-refractivity contribution in [2.24, 2.45) is 0 Å². The third kappa shape index (κ3) is 3.08. The second kappa shape index (κ2) is 6.84. The Kier molecular flexibility index (Phi) is 4.16. The maximum Gasteiger partial charge on any atom is 0.260 e. The molecule has 7 nitrogen and oxygen atoms in total. The van der Waals surface area contributed by atoms with Crippen LogP contribution in [0.15, 0.2) is 54.6 Å². The van der Waals surface area contributed by atoms with Gasteiger partial charge in [-0.1, -0.05) is 60.2 Å². The maximum atomic E-state index is 12.2. The van der Waals surface area contributed by atoms with E-state index in [9.17, 15) is 9.59 Å². The van der Waals surface area contributed by atoms with Crippen molar-refractivity contribution < 1.29 is 9.59 Å². The molecule has 3 heterocycles. The quantitative estimate of drug-likeness (QED) is 0.697. The van der Waals surface area contributed by atoms with Crippen LogP contribution in [0.4, 0.5) is 11.9 Å². The molecule has 1 aromatic heterocycles. The fraction of sp³-hybridized carbons (Fsp3) is 0.273. The summed E-state index contributed by atoms with van der Waals surface area (Å²) >= 11 is 0. The molecule has 2 aliphatic rings. The normalized spacial score (nSPS) is 21.2. The molecule has 1 N–H and O–H groups in total. The van der Waals surface area contributed by atoms with Crippen molar-refractivity contribution in [3.05, 3.63) is 71.3 Å². The van der Waals surface area contributed by atoms with Gasteiger partial charge >= 0.3 is 0 Å². The van der Waals surface area contributed by atoms with Crippen LogP contribution in [0, 0.1) is 6.92 Å². The molecule has 0 spiro atoms. The highest BCUT2D eigenvalue weighted by Gasteiger charge is 2.37. The van der Waals surface area contributed by atoms with Gasteiger partial charge in [-0.05, 0) is 24.5 Å². The molecular formula is C22H21N5O2. The molecule has 0 saturated carbocycles. The average Bonchev–Trinajstić information content (AvgIpc) is 3.30. The molecule has 0 aliphatic carbocycles. The molecule has 0 bridgehead atoms. The molecule has 146 valence electrons. The number of benzene rings is 2. The minimum Gasteiger partial charge on any atom is -0.347 e. The second-order valence-electron chi connectivity index (χ2n) is 7.57. The first-order chi connectivity index (χ1) is 14.1. The van der Waals surface area contributed by atoms with Crippen molar-refractivity contribution in [3.63, 3.8) is 0 Å². The number of imide groups is 1. The van der Waals surface area contributed by atoms with Crippen molar-refractivity contribution in [2.45, 2.75) is 38.3 Å². The predicted molar refractivity (Wildman–Crippen MR) is 108 cm³/mol. The van der Waals surface area contributed by atoms with E-state index >= 15 is 0 Å². The highest BCUT2D eigenvalue weighted by Crippen LogP contribution is 2.39. The molecule has 2 aromatic carbocycles. The Morgan fingerprint density at radius 1 is 0.931 bits per heavy atom. The third-order valence-electron chi connectivity index (χ3n) is 5.59. The molecule has 0 radical (unpaired) electrons. The minimum atomic E-state index is -0.246. The van der Waals surface area contributed by atoms with Crippen molar-refractivity contribution in [3.8, 4) is 0 Å². The minimum absolute atomic E-state index is 0.0483. The standard InChI is InChI=1S/C22H21N5O2/c1-14-7-9-15(10-8-14)17-13-18(16-5-3-2-4-6-16)27-21(23-17)24-22(25-27)26-19(28)11-12-20(26)29/h2-10,17-18H,11-13H2,1H3,(H,23,24,25)/t17-,18+/m0/s1. The molecule has 2 atom stereocenters. The van der Waals surface area contributed by atoms with Gasteiger partial charge in [0.1, 0.15) is 0 Å². The molecule has 7 heteroatoms. The van der Waals surface area contributed by atoms with Gasteiger partial charge in [0, 0.05) is 12.8 Å². The lowest BCUT2D eigenvalue weighted by Crippen LogP contribution is -2.30. The van der Waals surface area contributed by atoms with Gasteiger partial charge < -0.3 is 5.32 Å². The Bertz CT molecular complexity index is 1060. The van der Waals surface area contributed by atoms with Crippen molar-refractivity contribution in [1.82, 2.24) is 14.8 Å². The number of aromatic nitrogens is 3. The molecule has 0 unspecified atom stereocenters. The van der Waals surface area contributed by atoms with Crippen LogP contribution in [0.3, 0.4) is 0 Å². The average molecular weight is 387 g/mol. The highest BCUT2D eigenvalue weighted by atomic mass is 16.2. The number of amides is 2. The van der Waals surface area contributed by atoms with Gasteiger partial charge in [-0.25, -0.2) is 9.58 Å². The lowest BCUT2D eigenvalue weighted by molar-refractivity contribution is -0.121. The van der Waals surface area contributed by atoms with Crippen molar-refractivity contribution >= 4 is 23.7 Å². The van der Waals surface area contributed by atoms with Crippen LogP contribution in [-0.2, 0) is 9.59 Å². The van der Waals surface area contributed by atoms with Gasteiger partial charge in [-0.3, -0.25) is 9.59 Å². The molecule has 1 saturated heterocycles. The van der Waals surface area contributed by atoms with Crippen LogP contribution in [-0.4, -0.2) is 26.6 Å². The zero-order chi connectivity index (χ0) is 20.0. The number of hydrogen-bond donors (Lipinski definition) is 1. The maximum absolute atomic E-state index is 12.2. The molecule has 1 fully saturated rings. The molecule has 2 amide bonds. The summed E-state index contributed by atoms with van der Waals surface area (Å²) < 4.78 is 1.80. The number of nitrogens with zero attached hydrogens (tertiary/aromatic N) is 4. The van der Waals surface area contributed by atoms with E-state index in [-0.39, 0.29) is 42.7 Å². The largest absolute Gasteiger partial charge is 0.347 e. The number of carbonyl (C=O) groups is 2. The number of hydrogen-bond acceptors (Lipinski definition) is 5. The number of carbonyl (C=O) groups excluding carboxylic acids is 2. The first-order valence-electron chi connectivity index (χ1n) is 9.80. The zero-order valence-corrected chi connectivity index (χ0v) is 16.1. The molecule has 29 heavy (non-hydrogen) atoms. The molecule has 5 rings (SSSR count). The number of anilines is 2. The lowest BCUT2D eigenvalue weighted by atomic mass is 9.93. The zero-order valence-electron chi connectivity index (χ0n) is 16.1. The van der Waals surface area contributed by atoms with Crippen LogP contribution in [0.1, 0.15) is 48.0 Å². The monoisotopic (exact) mass is 387 g/mol. The van der Waals surface area contributed by atoms with E-state index < -0.39 is 0 Å². The Hall–Kier alpha value is -3.48.